The average molecular weight is 315 g/mol. The molecule has 0 radical (unpaired) electrons. The fourth-order valence-corrected chi connectivity index (χ4v) is 2.96. The largest absolute Gasteiger partial charge is 0.466 e. The molecule has 1 N–H and O–H groups in total. The molecular formula is C16H29NO3S. The smallest absolute Gasteiger partial charge is 0.305 e. The number of aliphatic hydroxyl groups is 1. The monoisotopic (exact) mass is 315 g/mol. The van der Waals surface area contributed by atoms with Crippen LogP contribution in [0.15, 0.2) is 0 Å². The van der Waals surface area contributed by atoms with E-state index in [4.69, 9.17) is 17.0 Å². The number of esters is 1. The summed E-state index contributed by atoms with van der Waals surface area (Å²) in [6.07, 6.45) is 8.58. The van der Waals surface area contributed by atoms with E-state index in [0.29, 0.717) is 13.0 Å². The van der Waals surface area contributed by atoms with E-state index in [-0.39, 0.29) is 18.6 Å². The number of hydrogen-bond donors (Lipinski definition) is 1. The first kappa shape index (κ1) is 18.4. The molecular weight excluding hydrogens is 286 g/mol. The zero-order valence-corrected chi connectivity index (χ0v) is 14.0. The standard InChI is InChI=1S/C16H29NO3S/c1-2-3-12-20-16(19)8-6-4-5-7-11-17-14(13-18)9-10-15(17)21/h14,18H,2-13H2,1H3/t14-/m1/s1. The van der Waals surface area contributed by atoms with Gasteiger partial charge in [0, 0.05) is 13.0 Å². The third-order valence-electron chi connectivity index (χ3n) is 3.95. The van der Waals surface area contributed by atoms with Gasteiger partial charge in [0.1, 0.15) is 0 Å². The number of aliphatic hydroxyl groups excluding tert-OH is 1. The Kier molecular flexibility index (Phi) is 9.59. The van der Waals surface area contributed by atoms with Crippen molar-refractivity contribution in [3.63, 3.8) is 0 Å². The van der Waals surface area contributed by atoms with Crippen molar-refractivity contribution in [3.05, 3.63) is 0 Å². The molecule has 1 heterocycles. The van der Waals surface area contributed by atoms with E-state index in [1.54, 1.807) is 0 Å². The summed E-state index contributed by atoms with van der Waals surface area (Å²) in [6, 6.07) is 0.228. The highest BCUT2D eigenvalue weighted by molar-refractivity contribution is 7.80. The summed E-state index contributed by atoms with van der Waals surface area (Å²) in [5.41, 5.74) is 0. The van der Waals surface area contributed by atoms with Crippen LogP contribution in [0.2, 0.25) is 0 Å². The predicted molar refractivity (Wildman–Crippen MR) is 88.4 cm³/mol. The third-order valence-corrected chi connectivity index (χ3v) is 4.39. The topological polar surface area (TPSA) is 49.8 Å². The molecule has 1 atom stereocenters. The molecule has 5 heteroatoms. The molecule has 21 heavy (non-hydrogen) atoms. The Labute approximate surface area is 133 Å². The molecule has 1 aliphatic heterocycles. The number of unbranched alkanes of at least 4 members (excludes halogenated alkanes) is 4. The first-order valence-electron chi connectivity index (χ1n) is 8.25. The van der Waals surface area contributed by atoms with Gasteiger partial charge >= 0.3 is 5.97 Å². The average Bonchev–Trinajstić information content (AvgIpc) is 2.83. The van der Waals surface area contributed by atoms with Crippen LogP contribution in [-0.4, -0.2) is 46.8 Å². The number of likely N-dealkylation sites (tertiary alicyclic amines) is 1. The minimum atomic E-state index is -0.0653. The second-order valence-corrected chi connectivity index (χ2v) is 6.17. The van der Waals surface area contributed by atoms with Gasteiger partial charge in [0.2, 0.25) is 0 Å². The van der Waals surface area contributed by atoms with Crippen molar-refractivity contribution in [1.29, 1.82) is 0 Å². The zero-order valence-electron chi connectivity index (χ0n) is 13.2. The molecule has 0 bridgehead atoms. The number of carbonyl (C=O) groups is 1. The van der Waals surface area contributed by atoms with Crippen LogP contribution in [-0.2, 0) is 9.53 Å². The molecule has 1 saturated heterocycles. The molecule has 1 rings (SSSR count). The van der Waals surface area contributed by atoms with Gasteiger partial charge in [0.15, 0.2) is 0 Å². The molecule has 1 fully saturated rings. The van der Waals surface area contributed by atoms with E-state index in [9.17, 15) is 9.90 Å². The lowest BCUT2D eigenvalue weighted by Gasteiger charge is -2.24. The predicted octanol–water partition coefficient (Wildman–Crippen LogP) is 3.06. The molecule has 0 unspecified atom stereocenters. The molecule has 4 nitrogen and oxygen atoms in total. The Morgan fingerprint density at radius 3 is 2.81 bits per heavy atom. The van der Waals surface area contributed by atoms with Gasteiger partial charge in [-0.15, -0.1) is 0 Å². The van der Waals surface area contributed by atoms with Gasteiger partial charge < -0.3 is 14.7 Å². The van der Waals surface area contributed by atoms with Gasteiger partial charge in [-0.25, -0.2) is 0 Å². The fraction of sp³-hybridized carbons (Fsp3) is 0.875. The Morgan fingerprint density at radius 2 is 2.10 bits per heavy atom. The van der Waals surface area contributed by atoms with Crippen molar-refractivity contribution in [3.8, 4) is 0 Å². The molecule has 0 aromatic carbocycles. The van der Waals surface area contributed by atoms with Crippen LogP contribution in [0.25, 0.3) is 0 Å². The molecule has 0 amide bonds. The number of thiocarbonyl (C=S) groups is 1. The first-order valence-corrected chi connectivity index (χ1v) is 8.65. The van der Waals surface area contributed by atoms with E-state index in [1.807, 2.05) is 0 Å². The molecule has 0 spiro atoms. The van der Waals surface area contributed by atoms with E-state index in [0.717, 1.165) is 62.9 Å². The van der Waals surface area contributed by atoms with Crippen LogP contribution < -0.4 is 0 Å². The molecule has 0 aliphatic carbocycles. The zero-order chi connectivity index (χ0) is 15.5. The van der Waals surface area contributed by atoms with Crippen molar-refractivity contribution < 1.29 is 14.6 Å². The lowest BCUT2D eigenvalue weighted by Crippen LogP contribution is -2.35. The molecule has 1 aliphatic rings. The summed E-state index contributed by atoms with van der Waals surface area (Å²) in [6.45, 7) is 3.78. The van der Waals surface area contributed by atoms with Crippen molar-refractivity contribution in [1.82, 2.24) is 4.90 Å². The Morgan fingerprint density at radius 1 is 1.33 bits per heavy atom. The summed E-state index contributed by atoms with van der Waals surface area (Å²) < 4.78 is 5.12. The number of nitrogens with zero attached hydrogens (tertiary/aromatic N) is 1. The van der Waals surface area contributed by atoms with Crippen LogP contribution in [0.5, 0.6) is 0 Å². The van der Waals surface area contributed by atoms with Gasteiger partial charge in [0.25, 0.3) is 0 Å². The van der Waals surface area contributed by atoms with Crippen LogP contribution in [0.3, 0.4) is 0 Å². The Bertz CT molecular complexity index is 323. The van der Waals surface area contributed by atoms with Crippen LogP contribution >= 0.6 is 12.2 Å². The minimum Gasteiger partial charge on any atom is -0.466 e. The van der Waals surface area contributed by atoms with Gasteiger partial charge in [-0.3, -0.25) is 4.79 Å². The summed E-state index contributed by atoms with van der Waals surface area (Å²) in [5.74, 6) is -0.0653. The summed E-state index contributed by atoms with van der Waals surface area (Å²) >= 11 is 5.32. The first-order chi connectivity index (χ1) is 10.2. The molecule has 0 saturated carbocycles. The van der Waals surface area contributed by atoms with Crippen LogP contribution in [0.4, 0.5) is 0 Å². The van der Waals surface area contributed by atoms with Gasteiger partial charge in [0.05, 0.1) is 24.2 Å². The van der Waals surface area contributed by atoms with Crippen molar-refractivity contribution >= 4 is 23.2 Å². The number of rotatable bonds is 11. The summed E-state index contributed by atoms with van der Waals surface area (Å²) in [7, 11) is 0. The minimum absolute atomic E-state index is 0.0653. The maximum atomic E-state index is 11.4. The number of ether oxygens (including phenoxy) is 1. The lowest BCUT2D eigenvalue weighted by molar-refractivity contribution is -0.143. The third kappa shape index (κ3) is 7.23. The van der Waals surface area contributed by atoms with Crippen molar-refractivity contribution in [2.75, 3.05) is 19.8 Å². The summed E-state index contributed by atoms with van der Waals surface area (Å²) in [4.78, 5) is 14.6. The van der Waals surface area contributed by atoms with E-state index in [1.165, 1.54) is 0 Å². The van der Waals surface area contributed by atoms with Crippen molar-refractivity contribution in [2.45, 2.75) is 70.8 Å². The second kappa shape index (κ2) is 11.0. The SMILES string of the molecule is CCCCOC(=O)CCCCCCN1C(=S)CC[C@@H]1CO. The van der Waals surface area contributed by atoms with Gasteiger partial charge in [-0.1, -0.05) is 38.4 Å². The molecule has 0 aromatic heterocycles. The highest BCUT2D eigenvalue weighted by Gasteiger charge is 2.26. The van der Waals surface area contributed by atoms with Gasteiger partial charge in [-0.05, 0) is 32.1 Å². The van der Waals surface area contributed by atoms with E-state index in [2.05, 4.69) is 11.8 Å². The van der Waals surface area contributed by atoms with Crippen LogP contribution in [0, 0.1) is 0 Å². The maximum Gasteiger partial charge on any atom is 0.305 e. The van der Waals surface area contributed by atoms with Gasteiger partial charge in [-0.2, -0.15) is 0 Å². The fourth-order valence-electron chi connectivity index (χ4n) is 2.60. The normalized spacial score (nSPS) is 18.3. The Hall–Kier alpha value is -0.680. The van der Waals surface area contributed by atoms with E-state index < -0.39 is 0 Å². The molecule has 122 valence electrons. The maximum absolute atomic E-state index is 11.4. The van der Waals surface area contributed by atoms with E-state index >= 15 is 0 Å². The Balaban J connectivity index is 1.99. The second-order valence-electron chi connectivity index (χ2n) is 5.70. The highest BCUT2D eigenvalue weighted by atomic mass is 32.1. The highest BCUT2D eigenvalue weighted by Crippen LogP contribution is 2.20. The number of hydrogen-bond acceptors (Lipinski definition) is 4. The lowest BCUT2D eigenvalue weighted by atomic mass is 10.1. The van der Waals surface area contributed by atoms with Crippen molar-refractivity contribution in [2.24, 2.45) is 0 Å². The molecule has 0 aromatic rings. The number of carbonyl (C=O) groups excluding carboxylic acids is 1. The quantitative estimate of drug-likeness (QED) is 0.361. The van der Waals surface area contributed by atoms with Crippen LogP contribution in [0.1, 0.15) is 64.7 Å². The summed E-state index contributed by atoms with van der Waals surface area (Å²) in [5, 5.41) is 9.29.